The highest BCUT2D eigenvalue weighted by Crippen LogP contribution is 2.19. The van der Waals surface area contributed by atoms with Gasteiger partial charge in [0.25, 0.3) is 0 Å². The third kappa shape index (κ3) is 1.71. The topological polar surface area (TPSA) is 46.2 Å². The van der Waals surface area contributed by atoms with Gasteiger partial charge in [0.05, 0.1) is 6.61 Å². The van der Waals surface area contributed by atoms with Crippen molar-refractivity contribution in [3.63, 3.8) is 0 Å². The highest BCUT2D eigenvalue weighted by Gasteiger charge is 2.02. The Hall–Kier alpha value is -0.570. The minimum atomic E-state index is -0.0494. The lowest BCUT2D eigenvalue weighted by Gasteiger charge is -2.05. The first-order valence-electron chi connectivity index (χ1n) is 3.36. The number of benzene rings is 1. The summed E-state index contributed by atoms with van der Waals surface area (Å²) in [4.78, 5) is 0. The maximum absolute atomic E-state index is 8.89. The van der Waals surface area contributed by atoms with Crippen LogP contribution < -0.4 is 5.73 Å². The van der Waals surface area contributed by atoms with Gasteiger partial charge in [0, 0.05) is 17.1 Å². The van der Waals surface area contributed by atoms with Gasteiger partial charge in [0.1, 0.15) is 0 Å². The van der Waals surface area contributed by atoms with Gasteiger partial charge in [-0.25, -0.2) is 0 Å². The van der Waals surface area contributed by atoms with Gasteiger partial charge in [-0.3, -0.25) is 0 Å². The van der Waals surface area contributed by atoms with E-state index in [9.17, 15) is 0 Å². The monoisotopic (exact) mass is 171 g/mol. The third-order valence-corrected chi connectivity index (χ3v) is 1.95. The van der Waals surface area contributed by atoms with E-state index in [-0.39, 0.29) is 6.61 Å². The van der Waals surface area contributed by atoms with Gasteiger partial charge in [-0.15, -0.1) is 0 Å². The molecule has 0 atom stereocenters. The van der Waals surface area contributed by atoms with Crippen LogP contribution in [0.1, 0.15) is 11.1 Å². The van der Waals surface area contributed by atoms with Crippen molar-refractivity contribution in [3.05, 3.63) is 34.3 Å². The summed E-state index contributed by atoms with van der Waals surface area (Å²) in [5, 5.41) is 9.47. The zero-order valence-corrected chi connectivity index (χ0v) is 6.80. The molecule has 3 heteroatoms. The number of halogens is 1. The van der Waals surface area contributed by atoms with Gasteiger partial charge in [0.15, 0.2) is 0 Å². The van der Waals surface area contributed by atoms with E-state index in [2.05, 4.69) is 0 Å². The molecule has 0 saturated carbocycles. The summed E-state index contributed by atoms with van der Waals surface area (Å²) in [6, 6.07) is 5.42. The molecule has 60 valence electrons. The van der Waals surface area contributed by atoms with Gasteiger partial charge < -0.3 is 10.8 Å². The van der Waals surface area contributed by atoms with Gasteiger partial charge in [-0.1, -0.05) is 23.7 Å². The number of aliphatic hydroxyl groups excluding tert-OH is 1. The zero-order valence-electron chi connectivity index (χ0n) is 6.05. The average Bonchev–Trinajstić information content (AvgIpc) is 2.04. The molecule has 1 rings (SSSR count). The first kappa shape index (κ1) is 8.53. The molecule has 0 saturated heterocycles. The minimum Gasteiger partial charge on any atom is -0.392 e. The van der Waals surface area contributed by atoms with Crippen LogP contribution in [0.3, 0.4) is 0 Å². The molecule has 0 radical (unpaired) electrons. The molecule has 0 amide bonds. The molecule has 0 spiro atoms. The minimum absolute atomic E-state index is 0.0494. The molecule has 0 unspecified atom stereocenters. The van der Waals surface area contributed by atoms with Crippen molar-refractivity contribution >= 4 is 11.6 Å². The molecule has 0 aliphatic carbocycles. The number of hydrogen-bond acceptors (Lipinski definition) is 2. The summed E-state index contributed by atoms with van der Waals surface area (Å²) >= 11 is 5.79. The lowest BCUT2D eigenvalue weighted by atomic mass is 10.1. The molecule has 3 N–H and O–H groups in total. The van der Waals surface area contributed by atoms with Crippen molar-refractivity contribution in [2.75, 3.05) is 0 Å². The van der Waals surface area contributed by atoms with Crippen LogP contribution in [-0.4, -0.2) is 5.11 Å². The van der Waals surface area contributed by atoms with Crippen molar-refractivity contribution in [2.45, 2.75) is 13.2 Å². The Morgan fingerprint density at radius 1 is 1.45 bits per heavy atom. The zero-order chi connectivity index (χ0) is 8.27. The van der Waals surface area contributed by atoms with E-state index >= 15 is 0 Å². The highest BCUT2D eigenvalue weighted by molar-refractivity contribution is 6.31. The Kier molecular flexibility index (Phi) is 2.88. The fourth-order valence-electron chi connectivity index (χ4n) is 0.972. The van der Waals surface area contributed by atoms with Crippen molar-refractivity contribution in [1.82, 2.24) is 0 Å². The fraction of sp³-hybridized carbons (Fsp3) is 0.250. The predicted octanol–water partition coefficient (Wildman–Crippen LogP) is 1.29. The Morgan fingerprint density at radius 2 is 2.18 bits per heavy atom. The smallest absolute Gasteiger partial charge is 0.0699 e. The lowest BCUT2D eigenvalue weighted by Crippen LogP contribution is -2.01. The van der Waals surface area contributed by atoms with E-state index < -0.39 is 0 Å². The van der Waals surface area contributed by atoms with Crippen LogP contribution in [-0.2, 0) is 13.2 Å². The molecule has 0 aromatic heterocycles. The molecule has 0 heterocycles. The second-order valence-electron chi connectivity index (χ2n) is 2.24. The summed E-state index contributed by atoms with van der Waals surface area (Å²) in [6.45, 7) is 0.364. The molecule has 0 fully saturated rings. The molecule has 2 nitrogen and oxygen atoms in total. The van der Waals surface area contributed by atoms with E-state index in [0.717, 1.165) is 11.1 Å². The van der Waals surface area contributed by atoms with Crippen LogP contribution in [0.4, 0.5) is 0 Å². The predicted molar refractivity (Wildman–Crippen MR) is 45.3 cm³/mol. The number of rotatable bonds is 2. The number of aliphatic hydroxyl groups is 1. The van der Waals surface area contributed by atoms with Gasteiger partial charge in [-0.2, -0.15) is 0 Å². The Morgan fingerprint density at radius 3 is 2.64 bits per heavy atom. The van der Waals surface area contributed by atoms with Gasteiger partial charge in [0.2, 0.25) is 0 Å². The third-order valence-electron chi connectivity index (χ3n) is 1.59. The Labute approximate surface area is 70.6 Å². The van der Waals surface area contributed by atoms with Crippen molar-refractivity contribution in [3.8, 4) is 0 Å². The van der Waals surface area contributed by atoms with Crippen LogP contribution in [0, 0.1) is 0 Å². The normalized spacial score (nSPS) is 10.1. The van der Waals surface area contributed by atoms with Crippen LogP contribution in [0.15, 0.2) is 18.2 Å². The standard InChI is InChI=1S/C8H10ClNO/c9-8-3-1-2-6(4-10)7(8)5-11/h1-3,11H,4-5,10H2. The maximum atomic E-state index is 8.89. The van der Waals surface area contributed by atoms with E-state index in [1.54, 1.807) is 6.07 Å². The largest absolute Gasteiger partial charge is 0.392 e. The fourth-order valence-corrected chi connectivity index (χ4v) is 1.23. The first-order chi connectivity index (χ1) is 5.29. The summed E-state index contributed by atoms with van der Waals surface area (Å²) in [5.74, 6) is 0. The summed E-state index contributed by atoms with van der Waals surface area (Å²) in [6.07, 6.45) is 0. The van der Waals surface area contributed by atoms with Crippen LogP contribution in [0.2, 0.25) is 5.02 Å². The van der Waals surface area contributed by atoms with Crippen LogP contribution >= 0.6 is 11.6 Å². The second-order valence-corrected chi connectivity index (χ2v) is 2.65. The van der Waals surface area contributed by atoms with Crippen molar-refractivity contribution in [1.29, 1.82) is 0 Å². The molecule has 0 bridgehead atoms. The van der Waals surface area contributed by atoms with Crippen molar-refractivity contribution < 1.29 is 5.11 Å². The molecular weight excluding hydrogens is 162 g/mol. The highest BCUT2D eigenvalue weighted by atomic mass is 35.5. The van der Waals surface area contributed by atoms with Gasteiger partial charge in [-0.05, 0) is 11.6 Å². The van der Waals surface area contributed by atoms with E-state index in [0.29, 0.717) is 11.6 Å². The maximum Gasteiger partial charge on any atom is 0.0699 e. The van der Waals surface area contributed by atoms with Gasteiger partial charge >= 0.3 is 0 Å². The van der Waals surface area contributed by atoms with E-state index in [4.69, 9.17) is 22.4 Å². The Bertz CT molecular complexity index is 250. The average molecular weight is 172 g/mol. The molecule has 1 aromatic carbocycles. The van der Waals surface area contributed by atoms with Crippen molar-refractivity contribution in [2.24, 2.45) is 5.73 Å². The van der Waals surface area contributed by atoms with E-state index in [1.165, 1.54) is 0 Å². The molecule has 11 heavy (non-hydrogen) atoms. The lowest BCUT2D eigenvalue weighted by molar-refractivity contribution is 0.280. The second kappa shape index (κ2) is 3.72. The number of hydrogen-bond donors (Lipinski definition) is 2. The number of nitrogens with two attached hydrogens (primary N) is 1. The summed E-state index contributed by atoms with van der Waals surface area (Å²) < 4.78 is 0. The first-order valence-corrected chi connectivity index (χ1v) is 3.74. The molecule has 1 aromatic rings. The van der Waals surface area contributed by atoms with E-state index in [1.807, 2.05) is 12.1 Å². The van der Waals surface area contributed by atoms with Crippen LogP contribution in [0.25, 0.3) is 0 Å². The molecule has 0 aliphatic rings. The quantitative estimate of drug-likeness (QED) is 0.705. The summed E-state index contributed by atoms with van der Waals surface area (Å²) in [5.41, 5.74) is 7.06. The SMILES string of the molecule is NCc1cccc(Cl)c1CO. The Balaban J connectivity index is 3.13. The summed E-state index contributed by atoms with van der Waals surface area (Å²) in [7, 11) is 0. The molecule has 0 aliphatic heterocycles. The van der Waals surface area contributed by atoms with Crippen LogP contribution in [0.5, 0.6) is 0 Å². The molecular formula is C8H10ClNO.